The van der Waals surface area contributed by atoms with Crippen molar-refractivity contribution in [3.63, 3.8) is 0 Å². The van der Waals surface area contributed by atoms with Crippen molar-refractivity contribution in [2.24, 2.45) is 0 Å². The Balaban J connectivity index is 1.55. The lowest BCUT2D eigenvalue weighted by atomic mass is 9.91. The third-order valence-electron chi connectivity index (χ3n) is 4.89. The summed E-state index contributed by atoms with van der Waals surface area (Å²) in [7, 11) is 1.81. The number of nitrogens with zero attached hydrogens (tertiary/aromatic N) is 2. The van der Waals surface area contributed by atoms with E-state index in [-0.39, 0.29) is 5.56 Å². The molecule has 1 aliphatic heterocycles. The molecule has 1 aromatic heterocycles. The molecular weight excluding hydrogens is 280 g/mol. The molecule has 122 valence electrons. The first-order valence-electron chi connectivity index (χ1n) is 8.33. The Bertz CT molecular complexity index is 525. The van der Waals surface area contributed by atoms with Crippen molar-refractivity contribution in [1.29, 1.82) is 0 Å². The molecule has 6 heteroatoms. The van der Waals surface area contributed by atoms with Crippen LogP contribution in [0.2, 0.25) is 0 Å². The highest BCUT2D eigenvalue weighted by molar-refractivity contribution is 5.36. The van der Waals surface area contributed by atoms with Crippen LogP contribution in [0, 0.1) is 0 Å². The first-order valence-corrected chi connectivity index (χ1v) is 8.33. The Morgan fingerprint density at radius 1 is 1.27 bits per heavy atom. The van der Waals surface area contributed by atoms with Gasteiger partial charge in [-0.1, -0.05) is 0 Å². The maximum absolute atomic E-state index is 11.9. The Labute approximate surface area is 131 Å². The SMILES string of the molecule is COC1CCC(N[C@@H]2CCCN(c3ncc[nH]c3=O)C2)CC1. The summed E-state index contributed by atoms with van der Waals surface area (Å²) in [6, 6.07) is 1.03. The predicted molar refractivity (Wildman–Crippen MR) is 86.3 cm³/mol. The van der Waals surface area contributed by atoms with Gasteiger partial charge in [0.2, 0.25) is 0 Å². The first kappa shape index (κ1) is 15.5. The second-order valence-electron chi connectivity index (χ2n) is 6.40. The number of rotatable bonds is 4. The molecule has 1 atom stereocenters. The van der Waals surface area contributed by atoms with Crippen LogP contribution in [0.5, 0.6) is 0 Å². The molecule has 3 rings (SSSR count). The largest absolute Gasteiger partial charge is 0.381 e. The highest BCUT2D eigenvalue weighted by Gasteiger charge is 2.27. The molecule has 2 fully saturated rings. The number of hydrogen-bond acceptors (Lipinski definition) is 5. The molecule has 1 saturated heterocycles. The van der Waals surface area contributed by atoms with Gasteiger partial charge < -0.3 is 19.9 Å². The number of H-pyrrole nitrogens is 1. The molecule has 1 aromatic rings. The van der Waals surface area contributed by atoms with Gasteiger partial charge in [0, 0.05) is 44.7 Å². The molecule has 0 unspecified atom stereocenters. The molecular formula is C16H26N4O2. The maximum Gasteiger partial charge on any atom is 0.290 e. The summed E-state index contributed by atoms with van der Waals surface area (Å²) in [5.41, 5.74) is -0.0937. The second kappa shape index (κ2) is 7.24. The van der Waals surface area contributed by atoms with E-state index in [1.165, 1.54) is 19.3 Å². The standard InChI is InChI=1S/C16H26N4O2/c1-22-14-6-4-12(5-7-14)19-13-3-2-10-20(11-13)15-16(21)18-9-8-17-15/h8-9,12-14,19H,2-7,10-11H2,1H3,(H,18,21)/t12?,13-,14?/m1/s1. The van der Waals surface area contributed by atoms with Gasteiger partial charge in [-0.2, -0.15) is 0 Å². The molecule has 1 aliphatic carbocycles. The Morgan fingerprint density at radius 3 is 2.82 bits per heavy atom. The smallest absolute Gasteiger partial charge is 0.290 e. The molecule has 0 radical (unpaired) electrons. The van der Waals surface area contributed by atoms with Gasteiger partial charge in [-0.05, 0) is 38.5 Å². The Kier molecular flexibility index (Phi) is 5.10. The van der Waals surface area contributed by atoms with E-state index in [2.05, 4.69) is 20.2 Å². The summed E-state index contributed by atoms with van der Waals surface area (Å²) >= 11 is 0. The number of piperidine rings is 1. The zero-order chi connectivity index (χ0) is 15.4. The summed E-state index contributed by atoms with van der Waals surface area (Å²) in [5, 5.41) is 3.78. The fraction of sp³-hybridized carbons (Fsp3) is 0.750. The van der Waals surface area contributed by atoms with E-state index in [1.54, 1.807) is 12.4 Å². The van der Waals surface area contributed by atoms with E-state index in [0.29, 0.717) is 24.0 Å². The zero-order valence-electron chi connectivity index (χ0n) is 13.3. The summed E-state index contributed by atoms with van der Waals surface area (Å²) in [5.74, 6) is 0.553. The van der Waals surface area contributed by atoms with Gasteiger partial charge in [-0.15, -0.1) is 0 Å². The topological polar surface area (TPSA) is 70.2 Å². The van der Waals surface area contributed by atoms with E-state index < -0.39 is 0 Å². The molecule has 2 aliphatic rings. The average molecular weight is 306 g/mol. The molecule has 1 saturated carbocycles. The van der Waals surface area contributed by atoms with Crippen LogP contribution in [-0.2, 0) is 4.74 Å². The van der Waals surface area contributed by atoms with Crippen LogP contribution in [0.25, 0.3) is 0 Å². The third-order valence-corrected chi connectivity index (χ3v) is 4.89. The van der Waals surface area contributed by atoms with Gasteiger partial charge in [0.05, 0.1) is 6.10 Å². The first-order chi connectivity index (χ1) is 10.8. The zero-order valence-corrected chi connectivity index (χ0v) is 13.3. The lowest BCUT2D eigenvalue weighted by molar-refractivity contribution is 0.0608. The highest BCUT2D eigenvalue weighted by Crippen LogP contribution is 2.22. The van der Waals surface area contributed by atoms with Crippen LogP contribution in [0.3, 0.4) is 0 Å². The summed E-state index contributed by atoms with van der Waals surface area (Å²) in [4.78, 5) is 21.0. The van der Waals surface area contributed by atoms with Crippen LogP contribution in [0.1, 0.15) is 38.5 Å². The lowest BCUT2D eigenvalue weighted by Gasteiger charge is -2.37. The van der Waals surface area contributed by atoms with Crippen LogP contribution >= 0.6 is 0 Å². The van der Waals surface area contributed by atoms with Crippen molar-refractivity contribution in [3.8, 4) is 0 Å². The number of methoxy groups -OCH3 is 1. The monoisotopic (exact) mass is 306 g/mol. The fourth-order valence-electron chi connectivity index (χ4n) is 3.67. The van der Waals surface area contributed by atoms with Crippen LogP contribution < -0.4 is 15.8 Å². The van der Waals surface area contributed by atoms with E-state index in [0.717, 1.165) is 32.4 Å². The molecule has 6 nitrogen and oxygen atoms in total. The minimum atomic E-state index is -0.0937. The quantitative estimate of drug-likeness (QED) is 0.877. The van der Waals surface area contributed by atoms with Gasteiger partial charge in [-0.3, -0.25) is 4.79 Å². The van der Waals surface area contributed by atoms with Crippen LogP contribution in [0.15, 0.2) is 17.2 Å². The second-order valence-corrected chi connectivity index (χ2v) is 6.40. The summed E-state index contributed by atoms with van der Waals surface area (Å²) in [6.45, 7) is 1.78. The number of anilines is 1. The molecule has 22 heavy (non-hydrogen) atoms. The van der Waals surface area contributed by atoms with Gasteiger partial charge in [0.15, 0.2) is 5.82 Å². The van der Waals surface area contributed by atoms with Gasteiger partial charge in [0.1, 0.15) is 0 Å². The summed E-state index contributed by atoms with van der Waals surface area (Å²) in [6.07, 6.45) is 10.6. The van der Waals surface area contributed by atoms with Crippen molar-refractivity contribution in [2.45, 2.75) is 56.7 Å². The number of aromatic nitrogens is 2. The Hall–Kier alpha value is -1.40. The average Bonchev–Trinajstić information content (AvgIpc) is 2.56. The van der Waals surface area contributed by atoms with Crippen molar-refractivity contribution in [3.05, 3.63) is 22.7 Å². The van der Waals surface area contributed by atoms with Gasteiger partial charge in [0.25, 0.3) is 5.56 Å². The van der Waals surface area contributed by atoms with E-state index in [4.69, 9.17) is 4.74 Å². The van der Waals surface area contributed by atoms with E-state index in [1.807, 2.05) is 7.11 Å². The van der Waals surface area contributed by atoms with Crippen LogP contribution in [0.4, 0.5) is 5.82 Å². The minimum absolute atomic E-state index is 0.0937. The van der Waals surface area contributed by atoms with Crippen molar-refractivity contribution in [1.82, 2.24) is 15.3 Å². The number of hydrogen-bond donors (Lipinski definition) is 2. The number of ether oxygens (including phenoxy) is 1. The Morgan fingerprint density at radius 2 is 2.09 bits per heavy atom. The molecule has 2 heterocycles. The molecule has 0 bridgehead atoms. The highest BCUT2D eigenvalue weighted by atomic mass is 16.5. The van der Waals surface area contributed by atoms with Crippen LogP contribution in [-0.4, -0.2) is 48.4 Å². The van der Waals surface area contributed by atoms with E-state index >= 15 is 0 Å². The third kappa shape index (κ3) is 3.67. The molecule has 0 aromatic carbocycles. The van der Waals surface area contributed by atoms with Crippen molar-refractivity contribution in [2.75, 3.05) is 25.1 Å². The summed E-state index contributed by atoms with van der Waals surface area (Å²) < 4.78 is 5.44. The van der Waals surface area contributed by atoms with Crippen molar-refractivity contribution >= 4 is 5.82 Å². The van der Waals surface area contributed by atoms with E-state index in [9.17, 15) is 4.79 Å². The number of nitrogens with one attached hydrogen (secondary N) is 2. The fourth-order valence-corrected chi connectivity index (χ4v) is 3.67. The molecule has 2 N–H and O–H groups in total. The number of aromatic amines is 1. The minimum Gasteiger partial charge on any atom is -0.381 e. The normalized spacial score (nSPS) is 29.5. The van der Waals surface area contributed by atoms with Gasteiger partial charge >= 0.3 is 0 Å². The van der Waals surface area contributed by atoms with Gasteiger partial charge in [-0.25, -0.2) is 4.98 Å². The van der Waals surface area contributed by atoms with Crippen molar-refractivity contribution < 1.29 is 4.74 Å². The lowest BCUT2D eigenvalue weighted by Crippen LogP contribution is -2.51. The predicted octanol–water partition coefficient (Wildman–Crippen LogP) is 1.29. The molecule has 0 spiro atoms. The maximum atomic E-state index is 11.9. The molecule has 0 amide bonds.